The van der Waals surface area contributed by atoms with Gasteiger partial charge in [0.05, 0.1) is 0 Å². The van der Waals surface area contributed by atoms with Crippen LogP contribution >= 0.6 is 0 Å². The highest BCUT2D eigenvalue weighted by Gasteiger charge is 2.52. The first-order chi connectivity index (χ1) is 10.7. The fourth-order valence-electron chi connectivity index (χ4n) is 3.47. The molecule has 2 heterocycles. The molecule has 2 aliphatic rings. The van der Waals surface area contributed by atoms with E-state index in [0.717, 1.165) is 30.6 Å². The number of hydrogen-bond acceptors (Lipinski definition) is 2. The Morgan fingerprint density at radius 2 is 1.91 bits per heavy atom. The SMILES string of the molecule is O=C1Nc2ccccc2CC12CCN2Cc1ccc(F)cc1. The molecule has 4 heteroatoms. The molecule has 3 nitrogen and oxygen atoms in total. The highest BCUT2D eigenvalue weighted by atomic mass is 19.1. The monoisotopic (exact) mass is 296 g/mol. The van der Waals surface area contributed by atoms with Gasteiger partial charge in [-0.1, -0.05) is 30.3 Å². The number of benzene rings is 2. The van der Waals surface area contributed by atoms with Gasteiger partial charge in [0.1, 0.15) is 11.4 Å². The number of anilines is 1. The van der Waals surface area contributed by atoms with Crippen LogP contribution in [0.1, 0.15) is 17.5 Å². The second-order valence-corrected chi connectivity index (χ2v) is 6.12. The Labute approximate surface area is 128 Å². The van der Waals surface area contributed by atoms with E-state index in [1.807, 2.05) is 18.2 Å². The number of para-hydroxylation sites is 1. The highest BCUT2D eigenvalue weighted by Crippen LogP contribution is 2.41. The maximum atomic E-state index is 13.0. The molecule has 1 spiro atoms. The molecule has 2 aliphatic heterocycles. The molecule has 1 saturated heterocycles. The number of halogens is 1. The van der Waals surface area contributed by atoms with Crippen LogP contribution in [-0.4, -0.2) is 22.9 Å². The molecule has 0 aromatic heterocycles. The number of carbonyl (C=O) groups excluding carboxylic acids is 1. The van der Waals surface area contributed by atoms with E-state index in [-0.39, 0.29) is 11.7 Å². The maximum Gasteiger partial charge on any atom is 0.245 e. The average Bonchev–Trinajstić information content (AvgIpc) is 2.52. The molecule has 4 rings (SSSR count). The third-order valence-corrected chi connectivity index (χ3v) is 4.86. The summed E-state index contributed by atoms with van der Waals surface area (Å²) in [5.74, 6) is -0.147. The van der Waals surface area contributed by atoms with Crippen molar-refractivity contribution in [1.82, 2.24) is 4.90 Å². The van der Waals surface area contributed by atoms with E-state index in [9.17, 15) is 9.18 Å². The van der Waals surface area contributed by atoms with Crippen molar-refractivity contribution in [3.05, 3.63) is 65.5 Å². The zero-order valence-electron chi connectivity index (χ0n) is 12.2. The van der Waals surface area contributed by atoms with Crippen LogP contribution in [-0.2, 0) is 17.8 Å². The van der Waals surface area contributed by atoms with Crippen molar-refractivity contribution in [3.8, 4) is 0 Å². The van der Waals surface area contributed by atoms with Gasteiger partial charge in [-0.2, -0.15) is 0 Å². The summed E-state index contributed by atoms with van der Waals surface area (Å²) in [6, 6.07) is 14.5. The van der Waals surface area contributed by atoms with Crippen molar-refractivity contribution >= 4 is 11.6 Å². The second kappa shape index (κ2) is 4.92. The van der Waals surface area contributed by atoms with Crippen LogP contribution in [0.3, 0.4) is 0 Å². The first-order valence-corrected chi connectivity index (χ1v) is 7.56. The lowest BCUT2D eigenvalue weighted by Gasteiger charge is -2.53. The summed E-state index contributed by atoms with van der Waals surface area (Å²) in [6.07, 6.45) is 1.62. The van der Waals surface area contributed by atoms with E-state index in [4.69, 9.17) is 0 Å². The van der Waals surface area contributed by atoms with E-state index in [2.05, 4.69) is 16.3 Å². The van der Waals surface area contributed by atoms with Crippen molar-refractivity contribution in [2.75, 3.05) is 11.9 Å². The molecular weight excluding hydrogens is 279 g/mol. The third-order valence-electron chi connectivity index (χ3n) is 4.86. The highest BCUT2D eigenvalue weighted by molar-refractivity contribution is 6.01. The minimum absolute atomic E-state index is 0.0829. The van der Waals surface area contributed by atoms with Crippen LogP contribution in [0.2, 0.25) is 0 Å². The van der Waals surface area contributed by atoms with Crippen molar-refractivity contribution in [2.45, 2.75) is 24.9 Å². The topological polar surface area (TPSA) is 32.3 Å². The molecule has 112 valence electrons. The molecule has 0 radical (unpaired) electrons. The van der Waals surface area contributed by atoms with Gasteiger partial charge >= 0.3 is 0 Å². The predicted octanol–water partition coefficient (Wildman–Crippen LogP) is 2.97. The van der Waals surface area contributed by atoms with E-state index in [1.54, 1.807) is 12.1 Å². The van der Waals surface area contributed by atoms with E-state index in [0.29, 0.717) is 6.54 Å². The normalized spacial score (nSPS) is 23.8. The number of likely N-dealkylation sites (tertiary alicyclic amines) is 1. The maximum absolute atomic E-state index is 13.0. The van der Waals surface area contributed by atoms with Crippen molar-refractivity contribution in [3.63, 3.8) is 0 Å². The van der Waals surface area contributed by atoms with Gasteiger partial charge in [0.25, 0.3) is 0 Å². The summed E-state index contributed by atoms with van der Waals surface area (Å²) >= 11 is 0. The number of carbonyl (C=O) groups is 1. The largest absolute Gasteiger partial charge is 0.324 e. The molecule has 1 atom stereocenters. The van der Waals surface area contributed by atoms with Crippen LogP contribution in [0.25, 0.3) is 0 Å². The Morgan fingerprint density at radius 1 is 1.14 bits per heavy atom. The van der Waals surface area contributed by atoms with Gasteiger partial charge in [-0.25, -0.2) is 4.39 Å². The number of hydrogen-bond donors (Lipinski definition) is 1. The van der Waals surface area contributed by atoms with Crippen LogP contribution < -0.4 is 5.32 Å². The number of nitrogens with zero attached hydrogens (tertiary/aromatic N) is 1. The van der Waals surface area contributed by atoms with Gasteiger partial charge in [0.2, 0.25) is 5.91 Å². The van der Waals surface area contributed by atoms with Gasteiger partial charge in [-0.15, -0.1) is 0 Å². The molecule has 22 heavy (non-hydrogen) atoms. The van der Waals surface area contributed by atoms with E-state index < -0.39 is 5.54 Å². The summed E-state index contributed by atoms with van der Waals surface area (Å²) in [5, 5.41) is 3.04. The quantitative estimate of drug-likeness (QED) is 0.924. The fraction of sp³-hybridized carbons (Fsp3) is 0.278. The molecule has 0 aliphatic carbocycles. The number of nitrogens with one attached hydrogen (secondary N) is 1. The minimum atomic E-state index is -0.442. The summed E-state index contributed by atoms with van der Waals surface area (Å²) in [4.78, 5) is 14.8. The first-order valence-electron chi connectivity index (χ1n) is 7.56. The summed E-state index contributed by atoms with van der Waals surface area (Å²) in [5.41, 5.74) is 2.70. The van der Waals surface area contributed by atoms with Gasteiger partial charge in [0, 0.05) is 25.2 Å². The molecule has 2 aromatic rings. The molecule has 1 amide bonds. The minimum Gasteiger partial charge on any atom is -0.324 e. The Bertz CT molecular complexity index is 728. The van der Waals surface area contributed by atoms with Gasteiger partial charge < -0.3 is 5.32 Å². The van der Waals surface area contributed by atoms with Crippen molar-refractivity contribution in [1.29, 1.82) is 0 Å². The second-order valence-electron chi connectivity index (χ2n) is 6.12. The molecule has 1 N–H and O–H groups in total. The Hall–Kier alpha value is -2.20. The van der Waals surface area contributed by atoms with E-state index in [1.165, 1.54) is 17.7 Å². The van der Waals surface area contributed by atoms with E-state index >= 15 is 0 Å². The lowest BCUT2D eigenvalue weighted by Crippen LogP contribution is -2.68. The Balaban J connectivity index is 1.59. The molecular formula is C18H17FN2O. The smallest absolute Gasteiger partial charge is 0.245 e. The summed E-state index contributed by atoms with van der Waals surface area (Å²) in [6.45, 7) is 1.57. The van der Waals surface area contributed by atoms with Crippen LogP contribution in [0, 0.1) is 5.82 Å². The van der Waals surface area contributed by atoms with Gasteiger partial charge in [0.15, 0.2) is 0 Å². The fourth-order valence-corrected chi connectivity index (χ4v) is 3.47. The van der Waals surface area contributed by atoms with Crippen molar-refractivity contribution in [2.24, 2.45) is 0 Å². The first kappa shape index (κ1) is 13.5. The zero-order chi connectivity index (χ0) is 15.2. The summed E-state index contributed by atoms with van der Waals surface area (Å²) in [7, 11) is 0. The summed E-state index contributed by atoms with van der Waals surface area (Å²) < 4.78 is 13.0. The lowest BCUT2D eigenvalue weighted by molar-refractivity contribution is -0.139. The van der Waals surface area contributed by atoms with Crippen molar-refractivity contribution < 1.29 is 9.18 Å². The zero-order valence-corrected chi connectivity index (χ0v) is 12.2. The lowest BCUT2D eigenvalue weighted by atomic mass is 9.75. The van der Waals surface area contributed by atoms with Gasteiger partial charge in [-0.05, 0) is 35.7 Å². The Morgan fingerprint density at radius 3 is 2.64 bits per heavy atom. The number of rotatable bonds is 2. The molecule has 2 aromatic carbocycles. The molecule has 0 bridgehead atoms. The average molecular weight is 296 g/mol. The van der Waals surface area contributed by atoms with Crippen LogP contribution in [0.4, 0.5) is 10.1 Å². The number of amides is 1. The van der Waals surface area contributed by atoms with Crippen LogP contribution in [0.15, 0.2) is 48.5 Å². The molecule has 1 fully saturated rings. The van der Waals surface area contributed by atoms with Crippen LogP contribution in [0.5, 0.6) is 0 Å². The standard InChI is InChI=1S/C18H17FN2O/c19-15-7-5-13(6-8-15)12-21-10-9-18(21)11-14-3-1-2-4-16(14)20-17(18)22/h1-8H,9-12H2,(H,20,22). The Kier molecular flexibility index (Phi) is 3.01. The third kappa shape index (κ3) is 2.03. The predicted molar refractivity (Wildman–Crippen MR) is 82.9 cm³/mol. The number of fused-ring (bicyclic) bond motifs is 1. The molecule has 0 saturated carbocycles. The van der Waals surface area contributed by atoms with Gasteiger partial charge in [-0.3, -0.25) is 9.69 Å². The molecule has 1 unspecified atom stereocenters.